The van der Waals surface area contributed by atoms with Crippen LogP contribution in [0.15, 0.2) is 134 Å². The number of nitrogens with one attached hydrogen (secondary N) is 1. The molecule has 6 N–H and O–H groups in total. The minimum absolute atomic E-state index is 0.0856. The number of ether oxygens (including phenoxy) is 3. The number of aliphatic hydroxyl groups is 5. The maximum absolute atomic E-state index is 13.5. The zero-order chi connectivity index (χ0) is 63.9. The number of esters is 1. The van der Waals surface area contributed by atoms with E-state index in [1.54, 1.807) is 6.08 Å². The van der Waals surface area contributed by atoms with Crippen LogP contribution in [0.25, 0.3) is 0 Å². The average Bonchev–Trinajstić information content (AvgIpc) is 2.54. The first-order chi connectivity index (χ1) is 43.2. The Morgan fingerprint density at radius 2 is 0.818 bits per heavy atom. The number of carbonyl (C=O) groups is 2. The van der Waals surface area contributed by atoms with Gasteiger partial charge in [-0.05, 0) is 122 Å². The van der Waals surface area contributed by atoms with Gasteiger partial charge in [0.15, 0.2) is 12.4 Å². The smallest absolute Gasteiger partial charge is 0.306 e. The van der Waals surface area contributed by atoms with Crippen LogP contribution in [-0.2, 0) is 23.8 Å². The Labute approximate surface area is 537 Å². The molecule has 0 aliphatic carbocycles. The predicted octanol–water partition coefficient (Wildman–Crippen LogP) is 18.3. The van der Waals surface area contributed by atoms with E-state index in [1.807, 2.05) is 6.08 Å². The van der Waals surface area contributed by atoms with Crippen molar-refractivity contribution in [2.24, 2.45) is 0 Å². The maximum atomic E-state index is 13.5. The van der Waals surface area contributed by atoms with Crippen molar-refractivity contribution in [3.63, 3.8) is 0 Å². The molecular weight excluding hydrogens is 1100 g/mol. The summed E-state index contributed by atoms with van der Waals surface area (Å²) in [4.78, 5) is 26.7. The van der Waals surface area contributed by atoms with Crippen LogP contribution < -0.4 is 5.32 Å². The van der Waals surface area contributed by atoms with Crippen LogP contribution in [0.4, 0.5) is 0 Å². The molecule has 0 aromatic rings. The van der Waals surface area contributed by atoms with Crippen molar-refractivity contribution in [1.29, 1.82) is 0 Å². The van der Waals surface area contributed by atoms with Gasteiger partial charge in [0.05, 0.1) is 25.4 Å². The zero-order valence-corrected chi connectivity index (χ0v) is 55.8. The highest BCUT2D eigenvalue weighted by atomic mass is 16.7. The molecule has 0 radical (unpaired) electrons. The summed E-state index contributed by atoms with van der Waals surface area (Å²) in [6.07, 6.45) is 79.1. The van der Waals surface area contributed by atoms with Gasteiger partial charge in [-0.2, -0.15) is 0 Å². The fourth-order valence-corrected chi connectivity index (χ4v) is 10.2. The standard InChI is InChI=1S/C77H129NO10/c1-4-7-10-13-16-19-22-25-27-29-31-33-35-37-38-40-42-44-46-49-52-55-58-61-64-70(81)76(85)78-68(69(80)63-60-57-54-51-48-24-21-18-15-12-9-6-3)67-86-77-75(74(84)73(83)71(66-79)87-77)88-72(82)65-62-59-56-53-50-47-45-43-41-39-36-34-32-30-28-26-23-20-17-14-11-8-5-2/h8,11,16-17,19-20,25-28,31-34,37-39,41,45,47,60,63,68-71,73-75,77,79-81,83-84H,4-7,9-10,12-15,18,21-24,29-30,35-36,40,42-44,46,48-59,61-62,64-67H2,1-3H3,(H,78,85)/b11-8-,19-16-,20-17-,27-25-,28-26-,33-31-,34-32-,38-37-,41-39-,47-45-,63-60+. The summed E-state index contributed by atoms with van der Waals surface area (Å²) in [7, 11) is 0. The van der Waals surface area contributed by atoms with Gasteiger partial charge >= 0.3 is 5.97 Å². The quantitative estimate of drug-likeness (QED) is 0.0195. The first-order valence-corrected chi connectivity index (χ1v) is 35.5. The molecule has 1 heterocycles. The molecule has 8 unspecified atom stereocenters. The Hall–Kier alpha value is -4.20. The Morgan fingerprint density at radius 3 is 1.25 bits per heavy atom. The van der Waals surface area contributed by atoms with Gasteiger partial charge in [-0.25, -0.2) is 0 Å². The van der Waals surface area contributed by atoms with Crippen LogP contribution >= 0.6 is 0 Å². The van der Waals surface area contributed by atoms with E-state index < -0.39 is 67.4 Å². The molecule has 0 saturated carbocycles. The number of hydrogen-bond acceptors (Lipinski definition) is 10. The highest BCUT2D eigenvalue weighted by Crippen LogP contribution is 2.26. The fraction of sp³-hybridized carbons (Fsp3) is 0.688. The number of unbranched alkanes of at least 4 members (excludes halogenated alkanes) is 25. The summed E-state index contributed by atoms with van der Waals surface area (Å²) in [6.45, 7) is 5.64. The molecule has 0 bridgehead atoms. The molecule has 1 rings (SSSR count). The molecule has 0 aromatic carbocycles. The predicted molar refractivity (Wildman–Crippen MR) is 370 cm³/mol. The molecule has 1 aliphatic rings. The first kappa shape index (κ1) is 81.8. The number of allylic oxidation sites excluding steroid dienone is 21. The number of amides is 1. The van der Waals surface area contributed by atoms with Crippen LogP contribution in [0.3, 0.4) is 0 Å². The van der Waals surface area contributed by atoms with Crippen LogP contribution in [-0.4, -0.2) is 99.6 Å². The Kier molecular flexibility index (Phi) is 58.5. The Bertz CT molecular complexity index is 1950. The van der Waals surface area contributed by atoms with Gasteiger partial charge < -0.3 is 45.1 Å². The van der Waals surface area contributed by atoms with Gasteiger partial charge in [-0.1, -0.05) is 283 Å². The third-order valence-electron chi connectivity index (χ3n) is 15.8. The minimum Gasteiger partial charge on any atom is -0.454 e. The molecule has 1 fully saturated rings. The first-order valence-electron chi connectivity index (χ1n) is 35.5. The van der Waals surface area contributed by atoms with E-state index in [0.29, 0.717) is 12.8 Å². The lowest BCUT2D eigenvalue weighted by atomic mass is 9.99. The molecule has 1 saturated heterocycles. The lowest BCUT2D eigenvalue weighted by Crippen LogP contribution is -2.61. The van der Waals surface area contributed by atoms with Crippen molar-refractivity contribution < 1.29 is 49.3 Å². The number of hydrogen-bond donors (Lipinski definition) is 6. The topological polar surface area (TPSA) is 175 Å². The van der Waals surface area contributed by atoms with E-state index in [1.165, 1.54) is 89.9 Å². The normalized spacial score (nSPS) is 19.0. The third-order valence-corrected chi connectivity index (χ3v) is 15.8. The molecule has 1 aliphatic heterocycles. The van der Waals surface area contributed by atoms with Crippen molar-refractivity contribution >= 4 is 11.9 Å². The van der Waals surface area contributed by atoms with Crippen molar-refractivity contribution in [2.45, 2.75) is 327 Å². The minimum atomic E-state index is -1.64. The van der Waals surface area contributed by atoms with Gasteiger partial charge in [0.25, 0.3) is 0 Å². The van der Waals surface area contributed by atoms with E-state index in [9.17, 15) is 35.1 Å². The highest BCUT2D eigenvalue weighted by molar-refractivity contribution is 5.80. The molecule has 11 nitrogen and oxygen atoms in total. The molecule has 8 atom stereocenters. The van der Waals surface area contributed by atoms with Crippen molar-refractivity contribution in [2.75, 3.05) is 13.2 Å². The largest absolute Gasteiger partial charge is 0.454 e. The van der Waals surface area contributed by atoms with Gasteiger partial charge in [0.1, 0.15) is 24.4 Å². The molecule has 0 aromatic heterocycles. The van der Waals surface area contributed by atoms with Gasteiger partial charge in [0.2, 0.25) is 5.91 Å². The second-order valence-corrected chi connectivity index (χ2v) is 23.9. The Balaban J connectivity index is 2.62. The molecule has 0 spiro atoms. The summed E-state index contributed by atoms with van der Waals surface area (Å²) in [6, 6.07) is -1.04. The van der Waals surface area contributed by atoms with Crippen LogP contribution in [0.5, 0.6) is 0 Å². The van der Waals surface area contributed by atoms with E-state index in [2.05, 4.69) is 148 Å². The molecule has 1 amide bonds. The molecular formula is C77H129NO10. The summed E-state index contributed by atoms with van der Waals surface area (Å²) in [5.41, 5.74) is 0. The second-order valence-electron chi connectivity index (χ2n) is 23.9. The van der Waals surface area contributed by atoms with Crippen LogP contribution in [0.2, 0.25) is 0 Å². The SMILES string of the molecule is CC/C=C\C/C=C\C/C=C\C/C=C\C/C=C\C/C=C\CCCCCCC(=O)OC1C(OCC(NC(=O)C(O)CCCCCCCCCC/C=C\C/C=C\C/C=C\C/C=C\CCCCC)C(O)/C=C/CCCCCCCCCCCC)OC(CO)C(O)C1O. The number of carbonyl (C=O) groups excluding carboxylic acids is 2. The van der Waals surface area contributed by atoms with E-state index in [-0.39, 0.29) is 19.4 Å². The molecule has 11 heteroatoms. The average molecular weight is 1230 g/mol. The Morgan fingerprint density at radius 1 is 0.455 bits per heavy atom. The van der Waals surface area contributed by atoms with Crippen molar-refractivity contribution in [3.05, 3.63) is 134 Å². The van der Waals surface area contributed by atoms with Crippen molar-refractivity contribution in [1.82, 2.24) is 5.32 Å². The van der Waals surface area contributed by atoms with E-state index >= 15 is 0 Å². The molecule has 502 valence electrons. The maximum Gasteiger partial charge on any atom is 0.306 e. The second kappa shape index (κ2) is 63.0. The van der Waals surface area contributed by atoms with Crippen LogP contribution in [0.1, 0.15) is 278 Å². The monoisotopic (exact) mass is 1230 g/mol. The summed E-state index contributed by atoms with van der Waals surface area (Å²) >= 11 is 0. The lowest BCUT2D eigenvalue weighted by Gasteiger charge is -2.41. The van der Waals surface area contributed by atoms with Crippen LogP contribution in [0, 0.1) is 0 Å². The summed E-state index contributed by atoms with van der Waals surface area (Å²) in [5.74, 6) is -1.23. The van der Waals surface area contributed by atoms with Crippen molar-refractivity contribution in [3.8, 4) is 0 Å². The number of aliphatic hydroxyl groups excluding tert-OH is 5. The van der Waals surface area contributed by atoms with Gasteiger partial charge in [-0.3, -0.25) is 9.59 Å². The van der Waals surface area contributed by atoms with E-state index in [4.69, 9.17) is 14.2 Å². The number of rotatable bonds is 59. The zero-order valence-electron chi connectivity index (χ0n) is 55.8. The van der Waals surface area contributed by atoms with E-state index in [0.717, 1.165) is 141 Å². The fourth-order valence-electron chi connectivity index (χ4n) is 10.2. The highest BCUT2D eigenvalue weighted by Gasteiger charge is 2.47. The summed E-state index contributed by atoms with van der Waals surface area (Å²) < 4.78 is 17.7. The molecule has 88 heavy (non-hydrogen) atoms. The lowest BCUT2D eigenvalue weighted by molar-refractivity contribution is -0.305. The van der Waals surface area contributed by atoms with Gasteiger partial charge in [0, 0.05) is 6.42 Å². The van der Waals surface area contributed by atoms with Gasteiger partial charge in [-0.15, -0.1) is 0 Å². The third kappa shape index (κ3) is 49.6. The summed E-state index contributed by atoms with van der Waals surface area (Å²) in [5, 5.41) is 57.2.